The Kier molecular flexibility index (Phi) is 12.2. The first-order valence-electron chi connectivity index (χ1n) is 12.4. The van der Waals surface area contributed by atoms with E-state index >= 15 is 0 Å². The van der Waals surface area contributed by atoms with Crippen LogP contribution in [0.25, 0.3) is 0 Å². The van der Waals surface area contributed by atoms with Crippen molar-refractivity contribution in [3.05, 3.63) is 59.4 Å². The number of amides is 1. The maximum absolute atomic E-state index is 13.1. The van der Waals surface area contributed by atoms with Crippen LogP contribution in [-0.2, 0) is 28.8 Å². The normalized spacial score (nSPS) is 11.7. The van der Waals surface area contributed by atoms with E-state index in [0.29, 0.717) is 38.2 Å². The minimum absolute atomic E-state index is 0.122. The van der Waals surface area contributed by atoms with Crippen LogP contribution in [0.15, 0.2) is 42.6 Å². The average molecular weight is 481 g/mol. The Hall–Kier alpha value is -2.28. The van der Waals surface area contributed by atoms with Crippen molar-refractivity contribution in [1.82, 2.24) is 9.47 Å². The number of carbonyl (C=O) groups excluding carboxylic acids is 1. The molecular weight excluding hydrogens is 441 g/mol. The SMILES string of the molecule is CCCCCCCCCC(=O)N(CCCOC)Cc1cccn1Cc1cccc(C(F)(F)F)c1. The molecule has 34 heavy (non-hydrogen) atoms. The van der Waals surface area contributed by atoms with Gasteiger partial charge in [-0.25, -0.2) is 0 Å². The lowest BCUT2D eigenvalue weighted by Gasteiger charge is -2.24. The Morgan fingerprint density at radius 3 is 2.44 bits per heavy atom. The second-order valence-electron chi connectivity index (χ2n) is 8.86. The maximum atomic E-state index is 13.1. The first-order valence-corrected chi connectivity index (χ1v) is 12.4. The number of nitrogens with zero attached hydrogens (tertiary/aromatic N) is 2. The molecule has 0 aliphatic carbocycles. The molecule has 4 nitrogen and oxygen atoms in total. The third-order valence-electron chi connectivity index (χ3n) is 6.01. The molecule has 0 saturated heterocycles. The smallest absolute Gasteiger partial charge is 0.385 e. The molecule has 2 rings (SSSR count). The molecule has 1 aromatic carbocycles. The molecule has 0 bridgehead atoms. The van der Waals surface area contributed by atoms with E-state index in [1.165, 1.54) is 37.8 Å². The predicted molar refractivity (Wildman–Crippen MR) is 129 cm³/mol. The third-order valence-corrected chi connectivity index (χ3v) is 6.01. The summed E-state index contributed by atoms with van der Waals surface area (Å²) in [5.74, 6) is 0.122. The van der Waals surface area contributed by atoms with Gasteiger partial charge in [0.25, 0.3) is 0 Å². The van der Waals surface area contributed by atoms with Gasteiger partial charge in [0.15, 0.2) is 0 Å². The molecule has 0 radical (unpaired) electrons. The molecule has 1 amide bonds. The largest absolute Gasteiger partial charge is 0.416 e. The maximum Gasteiger partial charge on any atom is 0.416 e. The summed E-state index contributed by atoms with van der Waals surface area (Å²) in [6.45, 7) is 4.13. The van der Waals surface area contributed by atoms with E-state index < -0.39 is 11.7 Å². The van der Waals surface area contributed by atoms with Crippen molar-refractivity contribution in [2.75, 3.05) is 20.3 Å². The van der Waals surface area contributed by atoms with Gasteiger partial charge in [-0.3, -0.25) is 4.79 Å². The number of halogens is 3. The summed E-state index contributed by atoms with van der Waals surface area (Å²) in [7, 11) is 1.64. The van der Waals surface area contributed by atoms with Crippen molar-refractivity contribution >= 4 is 5.91 Å². The highest BCUT2D eigenvalue weighted by molar-refractivity contribution is 5.76. The van der Waals surface area contributed by atoms with E-state index in [9.17, 15) is 18.0 Å². The van der Waals surface area contributed by atoms with Gasteiger partial charge < -0.3 is 14.2 Å². The Balaban J connectivity index is 1.98. The highest BCUT2D eigenvalue weighted by atomic mass is 19.4. The third kappa shape index (κ3) is 9.92. The number of hydrogen-bond donors (Lipinski definition) is 0. The first-order chi connectivity index (χ1) is 16.3. The summed E-state index contributed by atoms with van der Waals surface area (Å²) >= 11 is 0. The molecule has 190 valence electrons. The van der Waals surface area contributed by atoms with Crippen molar-refractivity contribution in [3.63, 3.8) is 0 Å². The van der Waals surface area contributed by atoms with Crippen molar-refractivity contribution in [1.29, 1.82) is 0 Å². The number of benzene rings is 1. The number of unbranched alkanes of at least 4 members (excludes halogenated alkanes) is 6. The van der Waals surface area contributed by atoms with Gasteiger partial charge in [-0.15, -0.1) is 0 Å². The number of methoxy groups -OCH3 is 1. The molecule has 0 fully saturated rings. The highest BCUT2D eigenvalue weighted by Gasteiger charge is 2.30. The Morgan fingerprint density at radius 1 is 1.00 bits per heavy atom. The van der Waals surface area contributed by atoms with Gasteiger partial charge in [0.2, 0.25) is 5.91 Å². The quantitative estimate of drug-likeness (QED) is 0.241. The predicted octanol–water partition coefficient (Wildman–Crippen LogP) is 7.06. The molecule has 1 heterocycles. The van der Waals surface area contributed by atoms with E-state index in [2.05, 4.69) is 6.92 Å². The van der Waals surface area contributed by atoms with E-state index in [0.717, 1.165) is 37.4 Å². The molecule has 0 aliphatic heterocycles. The topological polar surface area (TPSA) is 34.5 Å². The zero-order valence-electron chi connectivity index (χ0n) is 20.6. The second kappa shape index (κ2) is 14.9. The summed E-state index contributed by atoms with van der Waals surface area (Å²) in [6.07, 6.45) is 6.85. The molecule has 0 aliphatic rings. The van der Waals surface area contributed by atoms with E-state index in [4.69, 9.17) is 4.74 Å². The summed E-state index contributed by atoms with van der Waals surface area (Å²) in [6, 6.07) is 9.20. The summed E-state index contributed by atoms with van der Waals surface area (Å²) in [5, 5.41) is 0. The molecular formula is C27H39F3N2O2. The molecule has 2 aromatic rings. The van der Waals surface area contributed by atoms with Crippen LogP contribution in [0.1, 0.15) is 81.5 Å². The number of carbonyl (C=O) groups is 1. The second-order valence-corrected chi connectivity index (χ2v) is 8.86. The zero-order valence-corrected chi connectivity index (χ0v) is 20.6. The standard InChI is InChI=1S/C27H39F3N2O2/c1-3-4-5-6-7-8-9-16-26(33)32(18-12-19-34-2)22-25-15-11-17-31(25)21-23-13-10-14-24(20-23)27(28,29)30/h10-11,13-15,17,20H,3-9,12,16,18-19,21-22H2,1-2H3. The molecule has 0 saturated carbocycles. The van der Waals surface area contributed by atoms with Gasteiger partial charge >= 0.3 is 6.18 Å². The summed E-state index contributed by atoms with van der Waals surface area (Å²) in [5.41, 5.74) is 0.833. The fraction of sp³-hybridized carbons (Fsp3) is 0.593. The van der Waals surface area contributed by atoms with Crippen LogP contribution in [0, 0.1) is 0 Å². The van der Waals surface area contributed by atoms with Gasteiger partial charge in [-0.1, -0.05) is 57.6 Å². The van der Waals surface area contributed by atoms with Crippen molar-refractivity contribution in [3.8, 4) is 0 Å². The molecule has 7 heteroatoms. The van der Waals surface area contributed by atoms with Gasteiger partial charge in [0, 0.05) is 45.1 Å². The van der Waals surface area contributed by atoms with Gasteiger partial charge in [-0.2, -0.15) is 13.2 Å². The van der Waals surface area contributed by atoms with Crippen LogP contribution in [-0.4, -0.2) is 35.6 Å². The van der Waals surface area contributed by atoms with Crippen LogP contribution in [0.4, 0.5) is 13.2 Å². The summed E-state index contributed by atoms with van der Waals surface area (Å²) in [4.78, 5) is 14.8. The lowest BCUT2D eigenvalue weighted by atomic mass is 10.1. The Labute approximate surface area is 202 Å². The van der Waals surface area contributed by atoms with E-state index in [1.54, 1.807) is 13.2 Å². The van der Waals surface area contributed by atoms with E-state index in [1.807, 2.05) is 27.8 Å². The van der Waals surface area contributed by atoms with Crippen LogP contribution >= 0.6 is 0 Å². The minimum atomic E-state index is -4.36. The molecule has 0 spiro atoms. The van der Waals surface area contributed by atoms with Crippen LogP contribution in [0.3, 0.4) is 0 Å². The Bertz CT molecular complexity index is 848. The lowest BCUT2D eigenvalue weighted by Crippen LogP contribution is -2.32. The number of aromatic nitrogens is 1. The van der Waals surface area contributed by atoms with Gasteiger partial charge in [-0.05, 0) is 42.7 Å². The Morgan fingerprint density at radius 2 is 1.74 bits per heavy atom. The van der Waals surface area contributed by atoms with Crippen molar-refractivity contribution in [2.45, 2.75) is 84.0 Å². The summed E-state index contributed by atoms with van der Waals surface area (Å²) < 4.78 is 46.3. The fourth-order valence-corrected chi connectivity index (χ4v) is 4.07. The number of alkyl halides is 3. The minimum Gasteiger partial charge on any atom is -0.385 e. The van der Waals surface area contributed by atoms with Gasteiger partial charge in [0.1, 0.15) is 0 Å². The van der Waals surface area contributed by atoms with Crippen molar-refractivity contribution in [2.24, 2.45) is 0 Å². The monoisotopic (exact) mass is 480 g/mol. The van der Waals surface area contributed by atoms with Crippen LogP contribution in [0.2, 0.25) is 0 Å². The average Bonchev–Trinajstić information content (AvgIpc) is 3.23. The first kappa shape index (κ1) is 28.0. The van der Waals surface area contributed by atoms with E-state index in [-0.39, 0.29) is 5.91 Å². The lowest BCUT2D eigenvalue weighted by molar-refractivity contribution is -0.137. The molecule has 0 atom stereocenters. The molecule has 0 N–H and O–H groups in total. The zero-order chi connectivity index (χ0) is 24.8. The number of ether oxygens (including phenoxy) is 1. The molecule has 1 aromatic heterocycles. The van der Waals surface area contributed by atoms with Crippen molar-refractivity contribution < 1.29 is 22.7 Å². The number of rotatable bonds is 16. The van der Waals surface area contributed by atoms with Gasteiger partial charge in [0.05, 0.1) is 12.1 Å². The molecule has 0 unspecified atom stereocenters. The highest BCUT2D eigenvalue weighted by Crippen LogP contribution is 2.29. The fourth-order valence-electron chi connectivity index (χ4n) is 4.07. The van der Waals surface area contributed by atoms with Crippen LogP contribution in [0.5, 0.6) is 0 Å². The number of hydrogen-bond acceptors (Lipinski definition) is 2. The van der Waals surface area contributed by atoms with Crippen LogP contribution < -0.4 is 0 Å².